The van der Waals surface area contributed by atoms with Gasteiger partial charge in [0.1, 0.15) is 41.4 Å². The standard InChI is InChI=1S/C27H26F2N6O3/c1-13(2)21-23(14(3)30-12-31-21)35-26-19-24(20(29)22(32-26)18-16(28)8-6-9-17(18)36)38-11-15-7-4-5-10-34(15)25(19)33-27(35)37/h6,8-9,12-13,15,36H,4-5,7,10-11H2,1-3H3/t15-/m1/s1. The van der Waals surface area contributed by atoms with Crippen molar-refractivity contribution in [2.75, 3.05) is 18.1 Å². The Balaban J connectivity index is 1.80. The summed E-state index contributed by atoms with van der Waals surface area (Å²) < 4.78 is 38.5. The van der Waals surface area contributed by atoms with Crippen LogP contribution in [0.25, 0.3) is 28.0 Å². The monoisotopic (exact) mass is 520 g/mol. The van der Waals surface area contributed by atoms with Gasteiger partial charge in [-0.1, -0.05) is 19.9 Å². The van der Waals surface area contributed by atoms with E-state index in [1.54, 1.807) is 6.92 Å². The van der Waals surface area contributed by atoms with E-state index in [2.05, 4.69) is 19.9 Å². The van der Waals surface area contributed by atoms with Crippen LogP contribution in [0.15, 0.2) is 29.3 Å². The van der Waals surface area contributed by atoms with Gasteiger partial charge in [-0.05, 0) is 44.2 Å². The van der Waals surface area contributed by atoms with Gasteiger partial charge in [-0.3, -0.25) is 0 Å². The number of piperidine rings is 1. The molecule has 0 spiro atoms. The molecule has 4 aromatic rings. The van der Waals surface area contributed by atoms with E-state index in [4.69, 9.17) is 4.74 Å². The topological polar surface area (TPSA) is 106 Å². The lowest BCUT2D eigenvalue weighted by atomic mass is 10.0. The minimum atomic E-state index is -0.934. The molecule has 0 amide bonds. The zero-order valence-electron chi connectivity index (χ0n) is 21.2. The Morgan fingerprint density at radius 2 is 1.97 bits per heavy atom. The van der Waals surface area contributed by atoms with Gasteiger partial charge in [0.05, 0.1) is 28.7 Å². The van der Waals surface area contributed by atoms with Gasteiger partial charge < -0.3 is 14.7 Å². The van der Waals surface area contributed by atoms with E-state index in [1.807, 2.05) is 18.7 Å². The number of pyridine rings is 1. The Hall–Kier alpha value is -4.15. The molecule has 0 radical (unpaired) electrons. The molecule has 1 saturated heterocycles. The Bertz CT molecular complexity index is 1630. The third kappa shape index (κ3) is 3.59. The van der Waals surface area contributed by atoms with Crippen LogP contribution in [0.5, 0.6) is 11.5 Å². The van der Waals surface area contributed by atoms with Gasteiger partial charge in [-0.25, -0.2) is 33.1 Å². The Labute approximate surface area is 216 Å². The van der Waals surface area contributed by atoms with Crippen LogP contribution in [-0.2, 0) is 0 Å². The highest BCUT2D eigenvalue weighted by atomic mass is 19.1. The molecule has 0 bridgehead atoms. The highest BCUT2D eigenvalue weighted by Gasteiger charge is 2.36. The molecule has 6 rings (SSSR count). The van der Waals surface area contributed by atoms with Crippen LogP contribution in [-0.4, -0.2) is 48.8 Å². The number of phenolic OH excluding ortho intramolecular Hbond substituents is 1. The summed E-state index contributed by atoms with van der Waals surface area (Å²) in [6.07, 6.45) is 4.06. The molecular formula is C27H26F2N6O3. The summed E-state index contributed by atoms with van der Waals surface area (Å²) in [4.78, 5) is 33.4. The van der Waals surface area contributed by atoms with Crippen molar-refractivity contribution in [2.45, 2.75) is 52.0 Å². The summed E-state index contributed by atoms with van der Waals surface area (Å²) >= 11 is 0. The molecular weight excluding hydrogens is 494 g/mol. The summed E-state index contributed by atoms with van der Waals surface area (Å²) in [5, 5.41) is 10.7. The second kappa shape index (κ2) is 9.00. The SMILES string of the molecule is Cc1ncnc(C(C)C)c1-n1c(=O)nc2c3c(c(F)c(-c4c(O)cccc4F)nc31)OC[C@H]1CCCCN21. The van der Waals surface area contributed by atoms with E-state index in [1.165, 1.54) is 23.0 Å². The number of hydrogen-bond donors (Lipinski definition) is 1. The first kappa shape index (κ1) is 24.2. The zero-order valence-corrected chi connectivity index (χ0v) is 21.2. The van der Waals surface area contributed by atoms with Gasteiger partial charge in [-0.15, -0.1) is 0 Å². The number of benzene rings is 1. The number of halogens is 2. The Morgan fingerprint density at radius 3 is 2.74 bits per heavy atom. The first-order chi connectivity index (χ1) is 18.3. The molecule has 1 aromatic carbocycles. The molecule has 0 saturated carbocycles. The van der Waals surface area contributed by atoms with Crippen molar-refractivity contribution in [2.24, 2.45) is 0 Å². The molecule has 0 aliphatic carbocycles. The Morgan fingerprint density at radius 1 is 1.16 bits per heavy atom. The zero-order chi connectivity index (χ0) is 26.7. The van der Waals surface area contributed by atoms with Crippen LogP contribution in [0.4, 0.5) is 14.6 Å². The minimum Gasteiger partial charge on any atom is -0.507 e. The molecule has 196 valence electrons. The van der Waals surface area contributed by atoms with Crippen molar-refractivity contribution >= 4 is 16.9 Å². The second-order valence-corrected chi connectivity index (χ2v) is 9.99. The fraction of sp³-hybridized carbons (Fsp3) is 0.370. The number of aromatic hydroxyl groups is 1. The number of nitrogens with zero attached hydrogens (tertiary/aromatic N) is 6. The summed E-state index contributed by atoms with van der Waals surface area (Å²) in [6.45, 7) is 6.38. The fourth-order valence-corrected chi connectivity index (χ4v) is 5.45. The van der Waals surface area contributed by atoms with Crippen molar-refractivity contribution in [3.05, 3.63) is 58.0 Å². The third-order valence-corrected chi connectivity index (χ3v) is 7.26. The third-order valence-electron chi connectivity index (χ3n) is 7.26. The maximum Gasteiger partial charge on any atom is 0.355 e. The van der Waals surface area contributed by atoms with E-state index in [9.17, 15) is 14.3 Å². The number of phenols is 1. The fourth-order valence-electron chi connectivity index (χ4n) is 5.45. The van der Waals surface area contributed by atoms with Crippen LogP contribution in [0, 0.1) is 18.6 Å². The van der Waals surface area contributed by atoms with E-state index < -0.39 is 34.3 Å². The molecule has 2 aliphatic rings. The number of rotatable bonds is 3. The van der Waals surface area contributed by atoms with Crippen LogP contribution < -0.4 is 15.3 Å². The van der Waals surface area contributed by atoms with Crippen molar-refractivity contribution < 1.29 is 18.6 Å². The average Bonchev–Trinajstić information content (AvgIpc) is 3.05. The van der Waals surface area contributed by atoms with Gasteiger partial charge in [0, 0.05) is 6.54 Å². The van der Waals surface area contributed by atoms with Crippen LogP contribution in [0.3, 0.4) is 0 Å². The summed E-state index contributed by atoms with van der Waals surface area (Å²) in [6, 6.07) is 3.56. The molecule has 9 nitrogen and oxygen atoms in total. The molecule has 3 aromatic heterocycles. The molecule has 1 fully saturated rings. The van der Waals surface area contributed by atoms with Gasteiger partial charge in [0.2, 0.25) is 0 Å². The molecule has 38 heavy (non-hydrogen) atoms. The number of fused-ring (bicyclic) bond motifs is 2. The number of aromatic nitrogens is 5. The second-order valence-electron chi connectivity index (χ2n) is 9.99. The first-order valence-electron chi connectivity index (χ1n) is 12.6. The van der Waals surface area contributed by atoms with Gasteiger partial charge >= 0.3 is 5.69 Å². The van der Waals surface area contributed by atoms with E-state index in [0.717, 1.165) is 25.3 Å². The van der Waals surface area contributed by atoms with Crippen molar-refractivity contribution in [3.63, 3.8) is 0 Å². The number of aryl methyl sites for hydroxylation is 1. The quantitative estimate of drug-likeness (QED) is 0.424. The lowest BCUT2D eigenvalue weighted by Gasteiger charge is -2.34. The van der Waals surface area contributed by atoms with Gasteiger partial charge in [0.25, 0.3) is 0 Å². The smallest absolute Gasteiger partial charge is 0.355 e. The lowest BCUT2D eigenvalue weighted by molar-refractivity contribution is 0.258. The maximum absolute atomic E-state index is 16.2. The number of ether oxygens (including phenoxy) is 1. The van der Waals surface area contributed by atoms with Crippen LogP contribution in [0.1, 0.15) is 50.4 Å². The summed E-state index contributed by atoms with van der Waals surface area (Å²) in [5.74, 6) is -2.27. The molecule has 1 N–H and O–H groups in total. The molecule has 2 aliphatic heterocycles. The Kier molecular flexibility index (Phi) is 5.73. The van der Waals surface area contributed by atoms with Gasteiger partial charge in [0.15, 0.2) is 17.2 Å². The van der Waals surface area contributed by atoms with Crippen molar-refractivity contribution in [3.8, 4) is 28.4 Å². The minimum absolute atomic E-state index is 0.0278. The highest BCUT2D eigenvalue weighted by Crippen LogP contribution is 2.44. The lowest BCUT2D eigenvalue weighted by Crippen LogP contribution is -2.43. The van der Waals surface area contributed by atoms with Crippen LogP contribution >= 0.6 is 0 Å². The molecule has 5 heterocycles. The number of anilines is 1. The largest absolute Gasteiger partial charge is 0.507 e. The van der Waals surface area contributed by atoms with Crippen LogP contribution in [0.2, 0.25) is 0 Å². The average molecular weight is 521 g/mol. The van der Waals surface area contributed by atoms with E-state index >= 15 is 4.39 Å². The first-order valence-corrected chi connectivity index (χ1v) is 12.6. The van der Waals surface area contributed by atoms with Crippen molar-refractivity contribution in [1.82, 2.24) is 24.5 Å². The number of hydrogen-bond acceptors (Lipinski definition) is 8. The van der Waals surface area contributed by atoms with Gasteiger partial charge in [-0.2, -0.15) is 4.98 Å². The maximum atomic E-state index is 16.2. The molecule has 0 unspecified atom stereocenters. The predicted octanol–water partition coefficient (Wildman–Crippen LogP) is 4.40. The predicted molar refractivity (Wildman–Crippen MR) is 137 cm³/mol. The van der Waals surface area contributed by atoms with E-state index in [-0.39, 0.29) is 41.2 Å². The van der Waals surface area contributed by atoms with E-state index in [0.29, 0.717) is 23.6 Å². The molecule has 11 heteroatoms. The summed E-state index contributed by atoms with van der Waals surface area (Å²) in [5.41, 5.74) is -0.0570. The molecule has 1 atom stereocenters. The summed E-state index contributed by atoms with van der Waals surface area (Å²) in [7, 11) is 0. The van der Waals surface area contributed by atoms with Crippen molar-refractivity contribution in [1.29, 1.82) is 0 Å². The normalized spacial score (nSPS) is 16.9. The highest BCUT2D eigenvalue weighted by molar-refractivity contribution is 5.97.